The van der Waals surface area contributed by atoms with Gasteiger partial charge >= 0.3 is 6.18 Å². The van der Waals surface area contributed by atoms with Gasteiger partial charge < -0.3 is 14.8 Å². The third-order valence-corrected chi connectivity index (χ3v) is 4.45. The first-order chi connectivity index (χ1) is 13.0. The van der Waals surface area contributed by atoms with Crippen LogP contribution < -0.4 is 14.8 Å². The lowest BCUT2D eigenvalue weighted by atomic mass is 10.0. The van der Waals surface area contributed by atoms with Gasteiger partial charge in [-0.05, 0) is 35.4 Å². The van der Waals surface area contributed by atoms with E-state index < -0.39 is 12.8 Å². The van der Waals surface area contributed by atoms with Crippen molar-refractivity contribution in [1.29, 1.82) is 0 Å². The maximum absolute atomic E-state index is 12.4. The first-order valence-corrected chi connectivity index (χ1v) is 8.67. The van der Waals surface area contributed by atoms with E-state index in [1.165, 1.54) is 18.7 Å². The van der Waals surface area contributed by atoms with Crippen molar-refractivity contribution in [3.63, 3.8) is 0 Å². The number of methoxy groups -OCH3 is 1. The smallest absolute Gasteiger partial charge is 0.422 e. The van der Waals surface area contributed by atoms with Crippen LogP contribution in [-0.2, 0) is 6.54 Å². The van der Waals surface area contributed by atoms with Gasteiger partial charge in [0, 0.05) is 44.6 Å². The second kappa shape index (κ2) is 9.95. The second-order valence-corrected chi connectivity index (χ2v) is 6.36. The van der Waals surface area contributed by atoms with Crippen LogP contribution in [0.2, 0.25) is 0 Å². The molecule has 0 amide bonds. The quantitative estimate of drug-likeness (QED) is 0.778. The standard InChI is InChI=1S/C19H22F3N3O2.ClH/c1-26-18-10-14(2-3-17(18)27-13-19(20,21)22)12-25-9-8-24-11-16(25)15-4-6-23-7-5-15;/h2-7,10,16,24H,8-9,11-13H2,1H3;1H. The number of aromatic nitrogens is 1. The Hall–Kier alpha value is -2.03. The normalized spacial score (nSPS) is 17.6. The van der Waals surface area contributed by atoms with Gasteiger partial charge in [0.05, 0.1) is 7.11 Å². The Bertz CT molecular complexity index is 747. The van der Waals surface area contributed by atoms with Crippen molar-refractivity contribution < 1.29 is 22.6 Å². The topological polar surface area (TPSA) is 46.6 Å². The number of ether oxygens (including phenoxy) is 2. The molecule has 9 heteroatoms. The van der Waals surface area contributed by atoms with Gasteiger partial charge in [0.2, 0.25) is 0 Å². The predicted molar refractivity (Wildman–Crippen MR) is 102 cm³/mol. The summed E-state index contributed by atoms with van der Waals surface area (Å²) in [6.07, 6.45) is -0.835. The highest BCUT2D eigenvalue weighted by atomic mass is 35.5. The summed E-state index contributed by atoms with van der Waals surface area (Å²) in [4.78, 5) is 6.40. The van der Waals surface area contributed by atoms with Gasteiger partial charge in [-0.3, -0.25) is 9.88 Å². The van der Waals surface area contributed by atoms with E-state index in [-0.39, 0.29) is 24.2 Å². The van der Waals surface area contributed by atoms with Crippen LogP contribution in [0.3, 0.4) is 0 Å². The van der Waals surface area contributed by atoms with Gasteiger partial charge in [0.1, 0.15) is 0 Å². The molecule has 1 aliphatic rings. The minimum atomic E-state index is -4.39. The lowest BCUT2D eigenvalue weighted by Crippen LogP contribution is -2.45. The number of alkyl halides is 3. The Morgan fingerprint density at radius 3 is 2.61 bits per heavy atom. The fourth-order valence-corrected chi connectivity index (χ4v) is 3.17. The zero-order valence-electron chi connectivity index (χ0n) is 15.4. The van der Waals surface area contributed by atoms with Gasteiger partial charge in [-0.2, -0.15) is 13.2 Å². The Morgan fingerprint density at radius 2 is 1.93 bits per heavy atom. The molecule has 1 aromatic heterocycles. The zero-order valence-corrected chi connectivity index (χ0v) is 16.2. The van der Waals surface area contributed by atoms with Crippen LogP contribution >= 0.6 is 12.4 Å². The first-order valence-electron chi connectivity index (χ1n) is 8.67. The molecule has 1 fully saturated rings. The highest BCUT2D eigenvalue weighted by Gasteiger charge is 2.29. The lowest BCUT2D eigenvalue weighted by molar-refractivity contribution is -0.153. The molecule has 2 heterocycles. The van der Waals surface area contributed by atoms with Crippen LogP contribution in [0, 0.1) is 0 Å². The van der Waals surface area contributed by atoms with Crippen molar-refractivity contribution in [2.45, 2.75) is 18.8 Å². The predicted octanol–water partition coefficient (Wildman–Crippen LogP) is 3.60. The number of nitrogens with zero attached hydrogens (tertiary/aromatic N) is 2. The van der Waals surface area contributed by atoms with E-state index in [1.807, 2.05) is 12.1 Å². The van der Waals surface area contributed by atoms with Crippen LogP contribution in [-0.4, -0.2) is 49.4 Å². The molecule has 0 aliphatic carbocycles. The van der Waals surface area contributed by atoms with Crippen LogP contribution in [0.15, 0.2) is 42.7 Å². The fourth-order valence-electron chi connectivity index (χ4n) is 3.17. The summed E-state index contributed by atoms with van der Waals surface area (Å²) in [6, 6.07) is 9.24. The molecule has 1 N–H and O–H groups in total. The number of rotatable bonds is 6. The summed E-state index contributed by atoms with van der Waals surface area (Å²) < 4.78 is 47.2. The molecule has 1 aromatic carbocycles. The molecule has 1 aliphatic heterocycles. The number of halogens is 4. The molecule has 3 rings (SSSR count). The average Bonchev–Trinajstić information content (AvgIpc) is 2.67. The number of benzene rings is 1. The van der Waals surface area contributed by atoms with Crippen molar-refractivity contribution in [1.82, 2.24) is 15.2 Å². The summed E-state index contributed by atoms with van der Waals surface area (Å²) >= 11 is 0. The van der Waals surface area contributed by atoms with E-state index >= 15 is 0 Å². The molecule has 1 unspecified atom stereocenters. The van der Waals surface area contributed by atoms with Crippen molar-refractivity contribution in [3.8, 4) is 11.5 Å². The molecular formula is C19H23ClF3N3O2. The van der Waals surface area contributed by atoms with Gasteiger partial charge in [-0.25, -0.2) is 0 Å². The van der Waals surface area contributed by atoms with Crippen molar-refractivity contribution in [2.75, 3.05) is 33.4 Å². The van der Waals surface area contributed by atoms with E-state index in [0.717, 1.165) is 25.2 Å². The van der Waals surface area contributed by atoms with Crippen molar-refractivity contribution in [3.05, 3.63) is 53.9 Å². The molecule has 0 spiro atoms. The molecule has 1 saturated heterocycles. The molecule has 1 atom stereocenters. The maximum atomic E-state index is 12.4. The summed E-state index contributed by atoms with van der Waals surface area (Å²) in [7, 11) is 1.42. The molecule has 0 saturated carbocycles. The van der Waals surface area contributed by atoms with Crippen LogP contribution in [0.1, 0.15) is 17.2 Å². The lowest BCUT2D eigenvalue weighted by Gasteiger charge is -2.36. The Labute approximate surface area is 168 Å². The molecule has 28 heavy (non-hydrogen) atoms. The molecule has 0 radical (unpaired) electrons. The van der Waals surface area contributed by atoms with E-state index in [2.05, 4.69) is 15.2 Å². The highest BCUT2D eigenvalue weighted by molar-refractivity contribution is 5.85. The largest absolute Gasteiger partial charge is 0.493 e. The van der Waals surface area contributed by atoms with E-state index in [9.17, 15) is 13.2 Å². The number of hydrogen-bond acceptors (Lipinski definition) is 5. The summed E-state index contributed by atoms with van der Waals surface area (Å²) in [5, 5.41) is 3.40. The summed E-state index contributed by atoms with van der Waals surface area (Å²) in [6.45, 7) is 1.89. The number of hydrogen-bond donors (Lipinski definition) is 1. The Morgan fingerprint density at radius 1 is 1.18 bits per heavy atom. The van der Waals surface area contributed by atoms with Gasteiger partial charge in [0.15, 0.2) is 18.1 Å². The highest BCUT2D eigenvalue weighted by Crippen LogP contribution is 2.31. The van der Waals surface area contributed by atoms with E-state index in [4.69, 9.17) is 9.47 Å². The van der Waals surface area contributed by atoms with Crippen molar-refractivity contribution >= 4 is 12.4 Å². The number of nitrogens with one attached hydrogen (secondary N) is 1. The van der Waals surface area contributed by atoms with Crippen molar-refractivity contribution in [2.24, 2.45) is 0 Å². The second-order valence-electron chi connectivity index (χ2n) is 6.36. The van der Waals surface area contributed by atoms with Crippen LogP contribution in [0.5, 0.6) is 11.5 Å². The van der Waals surface area contributed by atoms with Gasteiger partial charge in [-0.1, -0.05) is 6.07 Å². The van der Waals surface area contributed by atoms with E-state index in [1.54, 1.807) is 24.5 Å². The molecule has 2 aromatic rings. The molecule has 5 nitrogen and oxygen atoms in total. The Kier molecular flexibility index (Phi) is 7.91. The maximum Gasteiger partial charge on any atom is 0.422 e. The van der Waals surface area contributed by atoms with Crippen LogP contribution in [0.4, 0.5) is 13.2 Å². The zero-order chi connectivity index (χ0) is 19.3. The third kappa shape index (κ3) is 5.98. The summed E-state index contributed by atoms with van der Waals surface area (Å²) in [5.41, 5.74) is 2.13. The average molecular weight is 418 g/mol. The summed E-state index contributed by atoms with van der Waals surface area (Å²) in [5.74, 6) is 0.386. The van der Waals surface area contributed by atoms with Gasteiger partial charge in [0.25, 0.3) is 0 Å². The minimum Gasteiger partial charge on any atom is -0.493 e. The van der Waals surface area contributed by atoms with Gasteiger partial charge in [-0.15, -0.1) is 12.4 Å². The molecular weight excluding hydrogens is 395 g/mol. The monoisotopic (exact) mass is 417 g/mol. The minimum absolute atomic E-state index is 0. The molecule has 154 valence electrons. The molecule has 0 bridgehead atoms. The van der Waals surface area contributed by atoms with Crippen LogP contribution in [0.25, 0.3) is 0 Å². The first kappa shape index (κ1) is 22.3. The third-order valence-electron chi connectivity index (χ3n) is 4.45. The Balaban J connectivity index is 0.00000280. The SMILES string of the molecule is COc1cc(CN2CCNCC2c2ccncc2)ccc1OCC(F)(F)F.Cl. The number of piperazine rings is 1. The van der Waals surface area contributed by atoms with E-state index in [0.29, 0.717) is 12.3 Å². The fraction of sp³-hybridized carbons (Fsp3) is 0.421. The number of pyridine rings is 1.